The van der Waals surface area contributed by atoms with Gasteiger partial charge in [0, 0.05) is 16.5 Å². The number of hydrogen-bond donors (Lipinski definition) is 1. The molecule has 7 aromatic rings. The van der Waals surface area contributed by atoms with Gasteiger partial charge in [-0.2, -0.15) is 0 Å². The van der Waals surface area contributed by atoms with Crippen LogP contribution in [0.15, 0.2) is 97.1 Å². The molecule has 1 heteroatoms. The van der Waals surface area contributed by atoms with Crippen LogP contribution in [0.3, 0.4) is 0 Å². The van der Waals surface area contributed by atoms with Crippen molar-refractivity contribution in [2.24, 2.45) is 5.92 Å². The third kappa shape index (κ3) is 5.04. The van der Waals surface area contributed by atoms with Gasteiger partial charge in [-0.15, -0.1) is 0 Å². The molecular formula is C49H50O. The largest absolute Gasteiger partial charge is 0.507 e. The quantitative estimate of drug-likeness (QED) is 0.187. The Labute approximate surface area is 298 Å². The zero-order valence-corrected chi connectivity index (χ0v) is 31.5. The monoisotopic (exact) mass is 654 g/mol. The molecule has 0 bridgehead atoms. The van der Waals surface area contributed by atoms with Crippen LogP contribution in [-0.4, -0.2) is 5.11 Å². The molecule has 1 aliphatic carbocycles. The van der Waals surface area contributed by atoms with E-state index in [9.17, 15) is 5.11 Å². The highest BCUT2D eigenvalue weighted by molar-refractivity contribution is 6.25. The Morgan fingerprint density at radius 2 is 1.04 bits per heavy atom. The predicted octanol–water partition coefficient (Wildman–Crippen LogP) is 13.7. The molecule has 0 heterocycles. The van der Waals surface area contributed by atoms with Crippen LogP contribution < -0.4 is 0 Å². The van der Waals surface area contributed by atoms with Crippen LogP contribution in [0.25, 0.3) is 65.7 Å². The van der Waals surface area contributed by atoms with Crippen LogP contribution >= 0.6 is 0 Å². The Hall–Kier alpha value is -4.62. The zero-order chi connectivity index (χ0) is 35.5. The lowest BCUT2D eigenvalue weighted by Gasteiger charge is -2.28. The van der Waals surface area contributed by atoms with Crippen molar-refractivity contribution < 1.29 is 5.11 Å². The average Bonchev–Trinajstić information content (AvgIpc) is 3.27. The first-order valence-corrected chi connectivity index (χ1v) is 18.4. The van der Waals surface area contributed by atoms with Crippen molar-refractivity contribution in [3.05, 3.63) is 125 Å². The first kappa shape index (κ1) is 32.6. The van der Waals surface area contributed by atoms with Gasteiger partial charge in [0.25, 0.3) is 0 Å². The molecule has 0 radical (unpaired) electrons. The van der Waals surface area contributed by atoms with Crippen LogP contribution in [0.2, 0.25) is 0 Å². The fourth-order valence-electron chi connectivity index (χ4n) is 8.75. The first-order chi connectivity index (χ1) is 23.5. The minimum absolute atomic E-state index is 0.163. The van der Waals surface area contributed by atoms with Crippen molar-refractivity contribution in [1.82, 2.24) is 0 Å². The topological polar surface area (TPSA) is 20.2 Å². The predicted molar refractivity (Wildman–Crippen MR) is 216 cm³/mol. The van der Waals surface area contributed by atoms with Gasteiger partial charge in [0.05, 0.1) is 0 Å². The molecule has 0 aliphatic heterocycles. The Kier molecular flexibility index (Phi) is 7.13. The molecule has 0 amide bonds. The van der Waals surface area contributed by atoms with Gasteiger partial charge in [0.1, 0.15) is 5.75 Å². The van der Waals surface area contributed by atoms with Gasteiger partial charge in [-0.1, -0.05) is 142 Å². The fourth-order valence-corrected chi connectivity index (χ4v) is 8.75. The molecule has 7 aromatic carbocycles. The third-order valence-electron chi connectivity index (χ3n) is 11.3. The number of rotatable bonds is 4. The van der Waals surface area contributed by atoms with E-state index in [2.05, 4.69) is 166 Å². The minimum Gasteiger partial charge on any atom is -0.507 e. The zero-order valence-electron chi connectivity index (χ0n) is 31.5. The average molecular weight is 655 g/mol. The number of benzene rings is 7. The number of fused-ring (bicyclic) bond motifs is 3. The molecule has 0 saturated heterocycles. The van der Waals surface area contributed by atoms with Crippen LogP contribution in [0.1, 0.15) is 97.1 Å². The lowest BCUT2D eigenvalue weighted by molar-refractivity contribution is 0.423. The van der Waals surface area contributed by atoms with E-state index in [1.165, 1.54) is 76.8 Å². The maximum absolute atomic E-state index is 11.4. The number of aromatic hydroxyl groups is 1. The SMILES string of the molecule is CC(C)Cc1cc2ccc3ccc(-c4ccc5c(c4)C(C)(C)c4cc(-c6cc(C(C)(C)C)c(O)c(C(C)(C)C)c6)ccc4-5)c4ccc(c1)c2c34. The smallest absolute Gasteiger partial charge is 0.123 e. The second-order valence-corrected chi connectivity index (χ2v) is 18.0. The molecule has 0 unspecified atom stereocenters. The van der Waals surface area contributed by atoms with E-state index in [1.54, 1.807) is 0 Å². The highest BCUT2D eigenvalue weighted by atomic mass is 16.3. The van der Waals surface area contributed by atoms with E-state index in [-0.39, 0.29) is 16.2 Å². The Bertz CT molecular complexity index is 2420. The lowest BCUT2D eigenvalue weighted by atomic mass is 9.77. The molecule has 0 atom stereocenters. The summed E-state index contributed by atoms with van der Waals surface area (Å²) in [5.74, 6) is 1.06. The highest BCUT2D eigenvalue weighted by Gasteiger charge is 2.36. The summed E-state index contributed by atoms with van der Waals surface area (Å²) in [6.45, 7) is 22.5. The summed E-state index contributed by atoms with van der Waals surface area (Å²) in [7, 11) is 0. The number of phenols is 1. The molecule has 0 saturated carbocycles. The van der Waals surface area contributed by atoms with Crippen LogP contribution in [0.5, 0.6) is 5.75 Å². The van der Waals surface area contributed by atoms with E-state index in [4.69, 9.17) is 0 Å². The summed E-state index contributed by atoms with van der Waals surface area (Å²) in [5.41, 5.74) is 13.2. The molecule has 0 aromatic heterocycles. The molecule has 8 rings (SSSR count). The second-order valence-electron chi connectivity index (χ2n) is 18.0. The van der Waals surface area contributed by atoms with E-state index >= 15 is 0 Å². The summed E-state index contributed by atoms with van der Waals surface area (Å²) >= 11 is 0. The van der Waals surface area contributed by atoms with Crippen molar-refractivity contribution in [3.63, 3.8) is 0 Å². The van der Waals surface area contributed by atoms with Crippen molar-refractivity contribution in [2.75, 3.05) is 0 Å². The first-order valence-electron chi connectivity index (χ1n) is 18.4. The number of hydrogen-bond acceptors (Lipinski definition) is 1. The normalized spacial score (nSPS) is 14.3. The van der Waals surface area contributed by atoms with Gasteiger partial charge in [-0.05, 0) is 130 Å². The summed E-state index contributed by atoms with van der Waals surface area (Å²) in [6, 6.07) is 37.3. The fraction of sp³-hybridized carbons (Fsp3) is 0.306. The van der Waals surface area contributed by atoms with Crippen molar-refractivity contribution >= 4 is 32.3 Å². The third-order valence-corrected chi connectivity index (χ3v) is 11.3. The molecule has 1 aliphatic rings. The Morgan fingerprint density at radius 1 is 0.540 bits per heavy atom. The molecule has 252 valence electrons. The molecule has 0 spiro atoms. The highest BCUT2D eigenvalue weighted by Crippen LogP contribution is 2.52. The van der Waals surface area contributed by atoms with E-state index in [0.717, 1.165) is 23.1 Å². The van der Waals surface area contributed by atoms with Crippen molar-refractivity contribution in [2.45, 2.75) is 91.9 Å². The Morgan fingerprint density at radius 3 is 1.62 bits per heavy atom. The van der Waals surface area contributed by atoms with Crippen molar-refractivity contribution in [3.8, 4) is 39.1 Å². The van der Waals surface area contributed by atoms with Crippen LogP contribution in [0, 0.1) is 5.92 Å². The van der Waals surface area contributed by atoms with Gasteiger partial charge in [0.15, 0.2) is 0 Å². The number of phenolic OH excluding ortho intramolecular Hbond substituents is 1. The second kappa shape index (κ2) is 10.9. The van der Waals surface area contributed by atoms with Gasteiger partial charge in [-0.25, -0.2) is 0 Å². The van der Waals surface area contributed by atoms with E-state index in [0.29, 0.717) is 11.7 Å². The standard InChI is InChI=1S/C49H50O/c1-28(2)21-29-22-33-12-11-30-13-17-36(39-20-16-34(23-29)44(33)45(30)39)32-15-19-38-37-18-14-31(24-40(37)49(9,10)41(38)25-32)35-26-42(47(3,4)5)46(50)43(27-35)48(6,7)8/h11-20,22-28,50H,21H2,1-10H3. The summed E-state index contributed by atoms with van der Waals surface area (Å²) in [5, 5.41) is 19.5. The van der Waals surface area contributed by atoms with Crippen LogP contribution in [-0.2, 0) is 22.7 Å². The van der Waals surface area contributed by atoms with E-state index in [1.807, 2.05) is 0 Å². The van der Waals surface area contributed by atoms with Gasteiger partial charge < -0.3 is 5.11 Å². The summed E-state index contributed by atoms with van der Waals surface area (Å²) in [4.78, 5) is 0. The molecule has 50 heavy (non-hydrogen) atoms. The van der Waals surface area contributed by atoms with Crippen LogP contribution in [0.4, 0.5) is 0 Å². The van der Waals surface area contributed by atoms with Gasteiger partial charge in [-0.3, -0.25) is 0 Å². The lowest BCUT2D eigenvalue weighted by Crippen LogP contribution is -2.17. The molecule has 1 N–H and O–H groups in total. The maximum Gasteiger partial charge on any atom is 0.123 e. The molecule has 1 nitrogen and oxygen atoms in total. The maximum atomic E-state index is 11.4. The van der Waals surface area contributed by atoms with Gasteiger partial charge in [0.2, 0.25) is 0 Å². The Balaban J connectivity index is 1.24. The summed E-state index contributed by atoms with van der Waals surface area (Å²) in [6.07, 6.45) is 1.10. The van der Waals surface area contributed by atoms with Gasteiger partial charge >= 0.3 is 0 Å². The molecule has 0 fully saturated rings. The van der Waals surface area contributed by atoms with Crippen molar-refractivity contribution in [1.29, 1.82) is 0 Å². The molecular weight excluding hydrogens is 605 g/mol. The van der Waals surface area contributed by atoms with E-state index < -0.39 is 0 Å². The minimum atomic E-state index is -0.176. The summed E-state index contributed by atoms with van der Waals surface area (Å²) < 4.78 is 0.